The second kappa shape index (κ2) is 8.17. The molecule has 0 bridgehead atoms. The molecular weight excluding hydrogens is 399 g/mol. The number of alkyl halides is 3. The van der Waals surface area contributed by atoms with Crippen molar-refractivity contribution in [3.8, 4) is 0 Å². The fourth-order valence-corrected chi connectivity index (χ4v) is 3.53. The van der Waals surface area contributed by atoms with Crippen LogP contribution < -0.4 is 15.5 Å². The number of para-hydroxylation sites is 1. The molecule has 30 heavy (non-hydrogen) atoms. The van der Waals surface area contributed by atoms with E-state index >= 15 is 0 Å². The Morgan fingerprint density at radius 2 is 1.90 bits per heavy atom. The summed E-state index contributed by atoms with van der Waals surface area (Å²) in [5, 5.41) is 16.5. The van der Waals surface area contributed by atoms with Crippen LogP contribution in [0.25, 0.3) is 5.65 Å². The minimum absolute atomic E-state index is 0.0278. The van der Waals surface area contributed by atoms with Gasteiger partial charge in [0.05, 0.1) is 0 Å². The van der Waals surface area contributed by atoms with Crippen LogP contribution in [-0.2, 0) is 6.18 Å². The fraction of sp³-hybridized carbons (Fsp3) is 0.368. The number of benzene rings is 1. The van der Waals surface area contributed by atoms with Crippen molar-refractivity contribution in [1.29, 1.82) is 0 Å². The molecule has 8 nitrogen and oxygen atoms in total. The first-order chi connectivity index (χ1) is 14.4. The van der Waals surface area contributed by atoms with E-state index in [4.69, 9.17) is 0 Å². The summed E-state index contributed by atoms with van der Waals surface area (Å²) < 4.78 is 40.2. The first-order valence-corrected chi connectivity index (χ1v) is 9.58. The van der Waals surface area contributed by atoms with Crippen molar-refractivity contribution in [3.63, 3.8) is 0 Å². The second-order valence-electron chi connectivity index (χ2n) is 7.03. The summed E-state index contributed by atoms with van der Waals surface area (Å²) in [7, 11) is 0. The number of hydrogen-bond donors (Lipinski definition) is 2. The molecule has 3 heterocycles. The summed E-state index contributed by atoms with van der Waals surface area (Å²) in [5.41, 5.74) is 0.704. The number of halogens is 3. The molecule has 0 radical (unpaired) electrons. The number of fused-ring (bicyclic) bond motifs is 1. The van der Waals surface area contributed by atoms with Crippen LogP contribution in [-0.4, -0.2) is 45.0 Å². The number of carbonyl (C=O) groups excluding carboxylic acids is 1. The zero-order valence-electron chi connectivity index (χ0n) is 15.9. The summed E-state index contributed by atoms with van der Waals surface area (Å²) in [5.74, 6) is -0.768. The Morgan fingerprint density at radius 1 is 1.10 bits per heavy atom. The Balaban J connectivity index is 1.49. The van der Waals surface area contributed by atoms with E-state index in [0.29, 0.717) is 24.6 Å². The topological polar surface area (TPSA) is 87.5 Å². The third-order valence-electron chi connectivity index (χ3n) is 4.95. The van der Waals surface area contributed by atoms with Gasteiger partial charge in [-0.05, 0) is 43.5 Å². The zero-order valence-corrected chi connectivity index (χ0v) is 15.9. The smallest absolute Gasteiger partial charge is 0.350 e. The number of nitrogens with zero attached hydrogens (tertiary/aromatic N) is 5. The van der Waals surface area contributed by atoms with Gasteiger partial charge in [-0.15, -0.1) is 15.3 Å². The van der Waals surface area contributed by atoms with Crippen LogP contribution in [0.5, 0.6) is 0 Å². The monoisotopic (exact) mass is 419 g/mol. The summed E-state index contributed by atoms with van der Waals surface area (Å²) in [6.45, 7) is 0.974. The van der Waals surface area contributed by atoms with Crippen LogP contribution >= 0.6 is 0 Å². The number of urea groups is 1. The predicted molar refractivity (Wildman–Crippen MR) is 104 cm³/mol. The van der Waals surface area contributed by atoms with E-state index in [1.165, 1.54) is 6.07 Å². The van der Waals surface area contributed by atoms with Gasteiger partial charge < -0.3 is 15.5 Å². The normalized spacial score (nSPS) is 17.2. The lowest BCUT2D eigenvalue weighted by molar-refractivity contribution is -0.146. The maximum Gasteiger partial charge on any atom is 0.453 e. The van der Waals surface area contributed by atoms with Crippen molar-refractivity contribution in [2.75, 3.05) is 23.3 Å². The highest BCUT2D eigenvalue weighted by Crippen LogP contribution is 2.29. The molecule has 0 aliphatic carbocycles. The molecule has 2 amide bonds. The largest absolute Gasteiger partial charge is 0.453 e. The van der Waals surface area contributed by atoms with E-state index in [2.05, 4.69) is 25.9 Å². The van der Waals surface area contributed by atoms with E-state index in [9.17, 15) is 18.0 Å². The van der Waals surface area contributed by atoms with Gasteiger partial charge >= 0.3 is 12.2 Å². The Hall–Kier alpha value is -3.37. The molecule has 1 atom stereocenters. The molecule has 2 aromatic heterocycles. The van der Waals surface area contributed by atoms with E-state index < -0.39 is 12.0 Å². The predicted octanol–water partition coefficient (Wildman–Crippen LogP) is 3.32. The van der Waals surface area contributed by atoms with E-state index in [-0.39, 0.29) is 17.7 Å². The average Bonchev–Trinajstić information content (AvgIpc) is 3.17. The molecule has 11 heteroatoms. The third-order valence-corrected chi connectivity index (χ3v) is 4.95. The number of rotatable bonds is 4. The minimum atomic E-state index is -4.65. The highest BCUT2D eigenvalue weighted by molar-refractivity contribution is 5.89. The molecule has 3 aromatic rings. The van der Waals surface area contributed by atoms with Crippen LogP contribution in [0.2, 0.25) is 0 Å². The quantitative estimate of drug-likeness (QED) is 0.678. The molecule has 1 aromatic carbocycles. The summed E-state index contributed by atoms with van der Waals surface area (Å²) in [4.78, 5) is 14.1. The number of aromatic nitrogens is 4. The minimum Gasteiger partial charge on any atom is -0.350 e. The highest BCUT2D eigenvalue weighted by Gasteiger charge is 2.38. The summed E-state index contributed by atoms with van der Waals surface area (Å²) in [6.07, 6.45) is -2.00. The summed E-state index contributed by atoms with van der Waals surface area (Å²) in [6, 6.07) is 11.7. The van der Waals surface area contributed by atoms with Crippen LogP contribution in [0.3, 0.4) is 0 Å². The molecular formula is C19H20F3N7O. The molecule has 158 valence electrons. The lowest BCUT2D eigenvalue weighted by Crippen LogP contribution is -2.48. The maximum atomic E-state index is 13.2. The number of carbonyl (C=O) groups is 1. The summed E-state index contributed by atoms with van der Waals surface area (Å²) >= 11 is 0. The Kier molecular flexibility index (Phi) is 5.42. The number of anilines is 2. The van der Waals surface area contributed by atoms with E-state index in [1.54, 1.807) is 18.2 Å². The number of piperidine rings is 1. The fourth-order valence-electron chi connectivity index (χ4n) is 3.53. The van der Waals surface area contributed by atoms with Gasteiger partial charge in [0.2, 0.25) is 0 Å². The van der Waals surface area contributed by atoms with Crippen LogP contribution in [0.15, 0.2) is 42.5 Å². The Labute approximate surface area is 170 Å². The molecule has 1 saturated heterocycles. The molecule has 1 aliphatic rings. The van der Waals surface area contributed by atoms with Crippen molar-refractivity contribution in [2.24, 2.45) is 0 Å². The molecule has 2 N–H and O–H groups in total. The molecule has 4 rings (SSSR count). The Morgan fingerprint density at radius 3 is 2.67 bits per heavy atom. The van der Waals surface area contributed by atoms with Gasteiger partial charge in [0.15, 0.2) is 5.65 Å². The van der Waals surface area contributed by atoms with Crippen molar-refractivity contribution < 1.29 is 18.0 Å². The van der Waals surface area contributed by atoms with Gasteiger partial charge in [-0.3, -0.25) is 0 Å². The number of amides is 2. The first-order valence-electron chi connectivity index (χ1n) is 9.58. The first kappa shape index (κ1) is 19.9. The second-order valence-corrected chi connectivity index (χ2v) is 7.03. The van der Waals surface area contributed by atoms with E-state index in [1.807, 2.05) is 23.1 Å². The van der Waals surface area contributed by atoms with Gasteiger partial charge in [0.1, 0.15) is 5.82 Å². The van der Waals surface area contributed by atoms with Gasteiger partial charge in [-0.1, -0.05) is 18.2 Å². The van der Waals surface area contributed by atoms with Crippen molar-refractivity contribution >= 4 is 23.2 Å². The van der Waals surface area contributed by atoms with E-state index in [0.717, 1.165) is 23.8 Å². The SMILES string of the molecule is O=C(NCC1CCCCN1c1ccc2nnc(C(F)(F)F)n2n1)Nc1ccccc1. The lowest BCUT2D eigenvalue weighted by atomic mass is 10.0. The van der Waals surface area contributed by atoms with Gasteiger partial charge in [-0.2, -0.15) is 17.7 Å². The number of hydrogen-bond acceptors (Lipinski definition) is 5. The zero-order chi connectivity index (χ0) is 21.1. The van der Waals surface area contributed by atoms with Gasteiger partial charge in [0.25, 0.3) is 5.82 Å². The number of nitrogens with one attached hydrogen (secondary N) is 2. The van der Waals surface area contributed by atoms with Gasteiger partial charge in [0, 0.05) is 24.8 Å². The highest BCUT2D eigenvalue weighted by atomic mass is 19.4. The van der Waals surface area contributed by atoms with Crippen molar-refractivity contribution in [1.82, 2.24) is 25.1 Å². The van der Waals surface area contributed by atoms with Gasteiger partial charge in [-0.25, -0.2) is 4.79 Å². The average molecular weight is 419 g/mol. The molecule has 1 aliphatic heterocycles. The lowest BCUT2D eigenvalue weighted by Gasteiger charge is -2.36. The van der Waals surface area contributed by atoms with Crippen molar-refractivity contribution in [2.45, 2.75) is 31.5 Å². The van der Waals surface area contributed by atoms with Crippen LogP contribution in [0.4, 0.5) is 29.5 Å². The maximum absolute atomic E-state index is 13.2. The van der Waals surface area contributed by atoms with Crippen LogP contribution in [0, 0.1) is 0 Å². The standard InChI is InChI=1S/C19H20F3N7O/c20-19(21,22)17-26-25-15-9-10-16(27-29(15)17)28-11-5-4-8-14(28)12-23-18(30)24-13-6-2-1-3-7-13/h1-3,6-7,9-10,14H,4-5,8,11-12H2,(H2,23,24,30). The molecule has 1 unspecified atom stereocenters. The van der Waals surface area contributed by atoms with Crippen molar-refractivity contribution in [3.05, 3.63) is 48.3 Å². The Bertz CT molecular complexity index is 1020. The molecule has 0 spiro atoms. The molecule has 0 saturated carbocycles. The third kappa shape index (κ3) is 4.29. The molecule has 1 fully saturated rings. The van der Waals surface area contributed by atoms with Crippen LogP contribution in [0.1, 0.15) is 25.1 Å².